The molecule has 3 aliphatic rings. The summed E-state index contributed by atoms with van der Waals surface area (Å²) >= 11 is 6.82. The third kappa shape index (κ3) is 4.69. The van der Waals surface area contributed by atoms with Crippen molar-refractivity contribution in [1.82, 2.24) is 14.8 Å². The molecule has 1 aromatic heterocycles. The average molecular weight is 559 g/mol. The zero-order chi connectivity index (χ0) is 28.1. The zero-order valence-electron chi connectivity index (χ0n) is 22.2. The number of piperazine rings is 1. The predicted octanol–water partition coefficient (Wildman–Crippen LogP) is 3.73. The fourth-order valence-corrected chi connectivity index (χ4v) is 6.28. The van der Waals surface area contributed by atoms with Crippen LogP contribution in [0.25, 0.3) is 11.3 Å². The minimum atomic E-state index is -0.704. The molecule has 1 unspecified atom stereocenters. The van der Waals surface area contributed by atoms with Crippen LogP contribution in [0.4, 0.5) is 10.2 Å². The molecule has 5 rings (SSSR count). The van der Waals surface area contributed by atoms with Gasteiger partial charge in [-0.15, -0.1) is 0 Å². The number of methoxy groups -OCH3 is 1. The number of ether oxygens (including phenoxy) is 2. The molecule has 2 fully saturated rings. The van der Waals surface area contributed by atoms with Crippen LogP contribution >= 0.6 is 11.6 Å². The number of anilines is 1. The van der Waals surface area contributed by atoms with Crippen LogP contribution in [-0.4, -0.2) is 89.8 Å². The maximum atomic E-state index is 15.1. The number of nitrogens with zero attached hydrogens (tertiary/aromatic N) is 4. The second kappa shape index (κ2) is 10.3. The van der Waals surface area contributed by atoms with Gasteiger partial charge in [-0.25, -0.2) is 9.37 Å². The largest absolute Gasteiger partial charge is 0.507 e. The molecule has 0 saturated carbocycles. The fraction of sp³-hybridized carbons (Fsp3) is 0.464. The Hall–Kier alpha value is -3.37. The normalized spacial score (nSPS) is 22.2. The number of pyridine rings is 1. The molecule has 2 saturated heterocycles. The predicted molar refractivity (Wildman–Crippen MR) is 145 cm³/mol. The second-order valence-corrected chi connectivity index (χ2v) is 11.2. The van der Waals surface area contributed by atoms with Crippen molar-refractivity contribution in [3.8, 4) is 22.8 Å². The smallest absolute Gasteiger partial charge is 0.261 e. The highest BCUT2D eigenvalue weighted by Crippen LogP contribution is 2.48. The molecular weight excluding hydrogens is 527 g/mol. The Labute approximate surface area is 231 Å². The standard InChI is InChI=1S/C28H32ClFN4O5/c1-5-20(36)32-9-10-33-17(13-32)15-39-25-22(27(33)37)26(34-12-16(14-38-4)11-28(34,2)3)31-24(23(25)29)21-18(30)7-6-8-19(21)35/h5-8,16-17,35H,1,9-15H2,2-4H3/t16?,17-/m1/s1. The Morgan fingerprint density at radius 3 is 2.79 bits per heavy atom. The van der Waals surface area contributed by atoms with Gasteiger partial charge in [0.2, 0.25) is 5.91 Å². The quantitative estimate of drug-likeness (QED) is 0.559. The molecule has 0 aliphatic carbocycles. The first kappa shape index (κ1) is 27.2. The van der Waals surface area contributed by atoms with Gasteiger partial charge in [0.05, 0.1) is 18.2 Å². The maximum absolute atomic E-state index is 15.1. The van der Waals surface area contributed by atoms with Gasteiger partial charge >= 0.3 is 0 Å². The van der Waals surface area contributed by atoms with Crippen LogP contribution in [0.2, 0.25) is 5.02 Å². The molecule has 3 aliphatic heterocycles. The minimum Gasteiger partial charge on any atom is -0.507 e. The number of phenols is 1. The van der Waals surface area contributed by atoms with Crippen LogP contribution in [0.3, 0.4) is 0 Å². The topological polar surface area (TPSA) is 95.4 Å². The maximum Gasteiger partial charge on any atom is 0.261 e. The van der Waals surface area contributed by atoms with Crippen molar-refractivity contribution >= 4 is 29.2 Å². The molecule has 2 amide bonds. The highest BCUT2D eigenvalue weighted by Gasteiger charge is 2.45. The van der Waals surface area contributed by atoms with Crippen LogP contribution in [0, 0.1) is 11.7 Å². The Morgan fingerprint density at radius 1 is 1.33 bits per heavy atom. The van der Waals surface area contributed by atoms with Crippen molar-refractivity contribution in [2.24, 2.45) is 5.92 Å². The third-order valence-corrected chi connectivity index (χ3v) is 8.14. The molecule has 2 atom stereocenters. The number of fused-ring (bicyclic) bond motifs is 2. The number of hydrogen-bond donors (Lipinski definition) is 1. The molecule has 0 spiro atoms. The molecule has 208 valence electrons. The van der Waals surface area contributed by atoms with E-state index in [0.29, 0.717) is 32.1 Å². The highest BCUT2D eigenvalue weighted by atomic mass is 35.5. The summed E-state index contributed by atoms with van der Waals surface area (Å²) in [4.78, 5) is 36.6. The van der Waals surface area contributed by atoms with E-state index in [-0.39, 0.29) is 64.2 Å². The molecule has 1 N–H and O–H groups in total. The number of benzene rings is 1. The number of phenolic OH excluding ortho intramolecular Hbond substituents is 1. The van der Waals surface area contributed by atoms with Gasteiger partial charge in [0.15, 0.2) is 5.75 Å². The van der Waals surface area contributed by atoms with Crippen molar-refractivity contribution in [3.63, 3.8) is 0 Å². The molecule has 9 nitrogen and oxygen atoms in total. The first-order valence-corrected chi connectivity index (χ1v) is 13.3. The van der Waals surface area contributed by atoms with Gasteiger partial charge in [-0.3, -0.25) is 9.59 Å². The molecular formula is C28H32ClFN4O5. The van der Waals surface area contributed by atoms with E-state index in [0.717, 1.165) is 6.42 Å². The summed E-state index contributed by atoms with van der Waals surface area (Å²) in [5, 5.41) is 10.5. The fourth-order valence-electron chi connectivity index (χ4n) is 5.99. The Balaban J connectivity index is 1.68. The second-order valence-electron chi connectivity index (χ2n) is 10.8. The van der Waals surface area contributed by atoms with E-state index in [1.165, 1.54) is 24.3 Å². The van der Waals surface area contributed by atoms with Gasteiger partial charge in [-0.2, -0.15) is 0 Å². The van der Waals surface area contributed by atoms with E-state index >= 15 is 4.39 Å². The lowest BCUT2D eigenvalue weighted by molar-refractivity contribution is -0.128. The lowest BCUT2D eigenvalue weighted by Crippen LogP contribution is -2.57. The van der Waals surface area contributed by atoms with E-state index in [4.69, 9.17) is 26.1 Å². The van der Waals surface area contributed by atoms with Gasteiger partial charge in [0, 0.05) is 44.7 Å². The SMILES string of the molecule is C=CC(=O)N1CCN2C(=O)c3c(N4CC(COC)CC4(C)C)nc(-c4c(O)cccc4F)c(Cl)c3OC[C@H]2C1. The monoisotopic (exact) mass is 558 g/mol. The average Bonchev–Trinajstić information content (AvgIpc) is 3.11. The number of amides is 2. The lowest BCUT2D eigenvalue weighted by Gasteiger charge is -2.40. The molecule has 11 heteroatoms. The minimum absolute atomic E-state index is 0.0110. The summed E-state index contributed by atoms with van der Waals surface area (Å²) in [6, 6.07) is 3.53. The summed E-state index contributed by atoms with van der Waals surface area (Å²) in [5.74, 6) is -1.00. The summed E-state index contributed by atoms with van der Waals surface area (Å²) in [7, 11) is 1.65. The van der Waals surface area contributed by atoms with E-state index in [9.17, 15) is 14.7 Å². The molecule has 1 aromatic carbocycles. The van der Waals surface area contributed by atoms with Crippen LogP contribution in [0.5, 0.6) is 11.5 Å². The Kier molecular flexibility index (Phi) is 7.19. The number of aromatic hydroxyl groups is 1. The van der Waals surface area contributed by atoms with Gasteiger partial charge < -0.3 is 29.3 Å². The van der Waals surface area contributed by atoms with E-state index in [1.54, 1.807) is 16.9 Å². The molecule has 0 radical (unpaired) electrons. The Bertz CT molecular complexity index is 1320. The summed E-state index contributed by atoms with van der Waals surface area (Å²) in [6.07, 6.45) is 2.03. The Morgan fingerprint density at radius 2 is 2.10 bits per heavy atom. The summed E-state index contributed by atoms with van der Waals surface area (Å²) in [6.45, 7) is 9.74. The van der Waals surface area contributed by atoms with Crippen LogP contribution in [0.1, 0.15) is 30.6 Å². The number of hydrogen-bond acceptors (Lipinski definition) is 7. The molecule has 39 heavy (non-hydrogen) atoms. The van der Waals surface area contributed by atoms with Crippen molar-refractivity contribution in [2.45, 2.75) is 31.8 Å². The zero-order valence-corrected chi connectivity index (χ0v) is 23.0. The van der Waals surface area contributed by atoms with Crippen molar-refractivity contribution in [1.29, 1.82) is 0 Å². The molecule has 4 heterocycles. The summed E-state index contributed by atoms with van der Waals surface area (Å²) in [5.41, 5.74) is -0.412. The van der Waals surface area contributed by atoms with Crippen molar-refractivity contribution < 1.29 is 28.6 Å². The summed E-state index contributed by atoms with van der Waals surface area (Å²) < 4.78 is 26.7. The van der Waals surface area contributed by atoms with Crippen LogP contribution in [0.15, 0.2) is 30.9 Å². The number of carbonyl (C=O) groups is 2. The van der Waals surface area contributed by atoms with Gasteiger partial charge in [-0.1, -0.05) is 24.2 Å². The number of halogens is 2. The van der Waals surface area contributed by atoms with Gasteiger partial charge in [0.25, 0.3) is 5.91 Å². The number of rotatable bonds is 5. The highest BCUT2D eigenvalue weighted by molar-refractivity contribution is 6.35. The molecule has 2 aromatic rings. The van der Waals surface area contributed by atoms with Gasteiger partial charge in [-0.05, 0) is 38.5 Å². The van der Waals surface area contributed by atoms with Crippen LogP contribution in [-0.2, 0) is 9.53 Å². The molecule has 0 bridgehead atoms. The number of carbonyl (C=O) groups excluding carboxylic acids is 2. The first-order chi connectivity index (χ1) is 18.6. The van der Waals surface area contributed by atoms with Crippen LogP contribution < -0.4 is 9.64 Å². The van der Waals surface area contributed by atoms with Gasteiger partial charge in [0.1, 0.15) is 40.3 Å². The lowest BCUT2D eigenvalue weighted by atomic mass is 9.96. The first-order valence-electron chi connectivity index (χ1n) is 12.9. The van der Waals surface area contributed by atoms with Crippen molar-refractivity contribution in [3.05, 3.63) is 47.3 Å². The van der Waals surface area contributed by atoms with Crippen molar-refractivity contribution in [2.75, 3.05) is 51.4 Å². The van der Waals surface area contributed by atoms with E-state index in [1.807, 2.05) is 4.90 Å². The third-order valence-electron chi connectivity index (χ3n) is 7.79. The van der Waals surface area contributed by atoms with E-state index < -0.39 is 17.4 Å². The van der Waals surface area contributed by atoms with E-state index in [2.05, 4.69) is 20.4 Å². The number of aromatic nitrogens is 1.